The number of rotatable bonds is 8. The molecule has 0 heterocycles. The number of halogens is 1. The zero-order valence-corrected chi connectivity index (χ0v) is 13.7. The van der Waals surface area contributed by atoms with Gasteiger partial charge in [-0.3, -0.25) is 4.79 Å². The molecule has 0 saturated carbocycles. The summed E-state index contributed by atoms with van der Waals surface area (Å²) in [6.45, 7) is -0.0104. The minimum Gasteiger partial charge on any atom is -0.494 e. The Morgan fingerprint density at radius 2 is 2.00 bits per heavy atom. The smallest absolute Gasteiger partial charge is 0.220 e. The van der Waals surface area contributed by atoms with Crippen LogP contribution in [-0.2, 0) is 11.2 Å². The first-order valence-electron chi connectivity index (χ1n) is 7.91. The average molecular weight is 331 g/mol. The molecule has 5 heteroatoms. The third-order valence-corrected chi connectivity index (χ3v) is 3.81. The van der Waals surface area contributed by atoms with E-state index in [0.717, 1.165) is 11.1 Å². The molecular weight excluding hydrogens is 309 g/mol. The molecule has 0 bridgehead atoms. The Labute approximate surface area is 141 Å². The molecule has 0 saturated heterocycles. The molecule has 2 aromatic rings. The topological polar surface area (TPSA) is 58.6 Å². The number of carbonyl (C=O) groups excluding carboxylic acids is 1. The third-order valence-electron chi connectivity index (χ3n) is 3.81. The van der Waals surface area contributed by atoms with E-state index in [0.29, 0.717) is 12.8 Å². The molecule has 1 unspecified atom stereocenters. The molecule has 0 fully saturated rings. The summed E-state index contributed by atoms with van der Waals surface area (Å²) in [4.78, 5) is 12.2. The van der Waals surface area contributed by atoms with Crippen molar-refractivity contribution in [3.05, 3.63) is 65.5 Å². The predicted octanol–water partition coefficient (Wildman–Crippen LogP) is 3.01. The standard InChI is InChI=1S/C19H22FNO3/c1-24-18-9-7-14(13-16(18)20)8-10-19(23)21-17(11-12-22)15-5-3-2-4-6-15/h2-7,9,13,17,22H,8,10-12H2,1H3,(H,21,23). The van der Waals surface area contributed by atoms with Gasteiger partial charge in [-0.25, -0.2) is 4.39 Å². The number of hydrogen-bond acceptors (Lipinski definition) is 3. The van der Waals surface area contributed by atoms with Crippen molar-refractivity contribution in [3.8, 4) is 5.75 Å². The van der Waals surface area contributed by atoms with Gasteiger partial charge in [0, 0.05) is 13.0 Å². The van der Waals surface area contributed by atoms with Gasteiger partial charge in [0.2, 0.25) is 5.91 Å². The van der Waals surface area contributed by atoms with E-state index in [1.54, 1.807) is 12.1 Å². The van der Waals surface area contributed by atoms with Gasteiger partial charge in [-0.05, 0) is 36.1 Å². The van der Waals surface area contributed by atoms with Crippen LogP contribution in [0.4, 0.5) is 4.39 Å². The average Bonchev–Trinajstić information content (AvgIpc) is 2.60. The Bertz CT molecular complexity index is 661. The van der Waals surface area contributed by atoms with Gasteiger partial charge in [0.15, 0.2) is 11.6 Å². The monoisotopic (exact) mass is 331 g/mol. The number of carbonyl (C=O) groups is 1. The molecule has 0 aliphatic carbocycles. The number of aliphatic hydroxyl groups is 1. The quantitative estimate of drug-likeness (QED) is 0.782. The fourth-order valence-corrected chi connectivity index (χ4v) is 2.53. The molecule has 4 nitrogen and oxygen atoms in total. The molecule has 0 radical (unpaired) electrons. The Morgan fingerprint density at radius 3 is 2.62 bits per heavy atom. The van der Waals surface area contributed by atoms with E-state index in [-0.39, 0.29) is 30.7 Å². The maximum Gasteiger partial charge on any atom is 0.220 e. The highest BCUT2D eigenvalue weighted by Gasteiger charge is 2.14. The molecule has 2 N–H and O–H groups in total. The molecule has 0 aliphatic heterocycles. The lowest BCUT2D eigenvalue weighted by molar-refractivity contribution is -0.121. The van der Waals surface area contributed by atoms with E-state index in [2.05, 4.69) is 5.32 Å². The predicted molar refractivity (Wildman–Crippen MR) is 90.3 cm³/mol. The first kappa shape index (κ1) is 17.9. The normalized spacial score (nSPS) is 11.8. The van der Waals surface area contributed by atoms with Crippen LogP contribution in [0.5, 0.6) is 5.75 Å². The molecule has 24 heavy (non-hydrogen) atoms. The summed E-state index contributed by atoms with van der Waals surface area (Å²) in [5.74, 6) is -0.373. The minimum atomic E-state index is -0.433. The van der Waals surface area contributed by atoms with E-state index in [9.17, 15) is 14.3 Å². The Morgan fingerprint density at radius 1 is 1.25 bits per heavy atom. The Balaban J connectivity index is 1.92. The molecule has 0 aliphatic rings. The number of nitrogens with one attached hydrogen (secondary N) is 1. The number of aryl methyl sites for hydroxylation is 1. The van der Waals surface area contributed by atoms with Gasteiger partial charge in [-0.15, -0.1) is 0 Å². The largest absolute Gasteiger partial charge is 0.494 e. The van der Waals surface area contributed by atoms with Crippen LogP contribution in [0.3, 0.4) is 0 Å². The molecular formula is C19H22FNO3. The number of benzene rings is 2. The number of ether oxygens (including phenoxy) is 1. The van der Waals surface area contributed by atoms with Crippen molar-refractivity contribution >= 4 is 5.91 Å². The van der Waals surface area contributed by atoms with Crippen molar-refractivity contribution in [1.82, 2.24) is 5.32 Å². The van der Waals surface area contributed by atoms with Crippen molar-refractivity contribution in [3.63, 3.8) is 0 Å². The lowest BCUT2D eigenvalue weighted by Gasteiger charge is -2.18. The zero-order chi connectivity index (χ0) is 17.4. The Kier molecular flexibility index (Phi) is 6.75. The fraction of sp³-hybridized carbons (Fsp3) is 0.316. The molecule has 128 valence electrons. The second-order valence-electron chi connectivity index (χ2n) is 5.51. The molecule has 1 amide bonds. The zero-order valence-electron chi connectivity index (χ0n) is 13.7. The van der Waals surface area contributed by atoms with E-state index >= 15 is 0 Å². The van der Waals surface area contributed by atoms with Gasteiger partial charge in [-0.1, -0.05) is 36.4 Å². The van der Waals surface area contributed by atoms with E-state index in [4.69, 9.17) is 4.74 Å². The van der Waals surface area contributed by atoms with Crippen LogP contribution in [0.15, 0.2) is 48.5 Å². The summed E-state index contributed by atoms with van der Waals surface area (Å²) in [6.07, 6.45) is 1.14. The first-order valence-corrected chi connectivity index (χ1v) is 7.91. The molecule has 0 spiro atoms. The summed E-state index contributed by atoms with van der Waals surface area (Å²) >= 11 is 0. The maximum absolute atomic E-state index is 13.7. The molecule has 0 aromatic heterocycles. The number of methoxy groups -OCH3 is 1. The third kappa shape index (κ3) is 5.06. The number of aliphatic hydroxyl groups excluding tert-OH is 1. The highest BCUT2D eigenvalue weighted by molar-refractivity contribution is 5.76. The second-order valence-corrected chi connectivity index (χ2v) is 5.51. The SMILES string of the molecule is COc1ccc(CCC(=O)NC(CCO)c2ccccc2)cc1F. The van der Waals surface area contributed by atoms with Gasteiger partial charge < -0.3 is 15.2 Å². The van der Waals surface area contributed by atoms with E-state index < -0.39 is 5.82 Å². The molecule has 2 rings (SSSR count). The number of amides is 1. The highest BCUT2D eigenvalue weighted by atomic mass is 19.1. The highest BCUT2D eigenvalue weighted by Crippen LogP contribution is 2.19. The summed E-state index contributed by atoms with van der Waals surface area (Å²) < 4.78 is 18.5. The fourth-order valence-electron chi connectivity index (χ4n) is 2.53. The van der Waals surface area contributed by atoms with Crippen molar-refractivity contribution in [1.29, 1.82) is 0 Å². The van der Waals surface area contributed by atoms with Crippen molar-refractivity contribution in [2.24, 2.45) is 0 Å². The summed E-state index contributed by atoms with van der Waals surface area (Å²) in [5.41, 5.74) is 1.69. The van der Waals surface area contributed by atoms with Crippen LogP contribution in [0.25, 0.3) is 0 Å². The second kappa shape index (κ2) is 9.03. The van der Waals surface area contributed by atoms with Crippen LogP contribution in [0.2, 0.25) is 0 Å². The van der Waals surface area contributed by atoms with Gasteiger partial charge in [0.05, 0.1) is 13.2 Å². The summed E-state index contributed by atoms with van der Waals surface area (Å²) in [5, 5.41) is 12.1. The van der Waals surface area contributed by atoms with E-state index in [1.165, 1.54) is 13.2 Å². The summed E-state index contributed by atoms with van der Waals surface area (Å²) in [6, 6.07) is 14.0. The summed E-state index contributed by atoms with van der Waals surface area (Å²) in [7, 11) is 1.41. The van der Waals surface area contributed by atoms with Gasteiger partial charge in [-0.2, -0.15) is 0 Å². The molecule has 1 atom stereocenters. The van der Waals surface area contributed by atoms with Gasteiger partial charge >= 0.3 is 0 Å². The van der Waals surface area contributed by atoms with Crippen LogP contribution >= 0.6 is 0 Å². The van der Waals surface area contributed by atoms with Crippen LogP contribution < -0.4 is 10.1 Å². The van der Waals surface area contributed by atoms with Crippen LogP contribution in [-0.4, -0.2) is 24.7 Å². The first-order chi connectivity index (χ1) is 11.6. The van der Waals surface area contributed by atoms with E-state index in [1.807, 2.05) is 30.3 Å². The molecule has 2 aromatic carbocycles. The maximum atomic E-state index is 13.7. The van der Waals surface area contributed by atoms with Crippen molar-refractivity contribution < 1.29 is 19.0 Å². The van der Waals surface area contributed by atoms with Gasteiger partial charge in [0.1, 0.15) is 0 Å². The lowest BCUT2D eigenvalue weighted by Crippen LogP contribution is -2.29. The Hall–Kier alpha value is -2.40. The van der Waals surface area contributed by atoms with Gasteiger partial charge in [0.25, 0.3) is 0 Å². The van der Waals surface area contributed by atoms with Crippen LogP contribution in [0, 0.1) is 5.82 Å². The van der Waals surface area contributed by atoms with Crippen molar-refractivity contribution in [2.45, 2.75) is 25.3 Å². The minimum absolute atomic E-state index is 0.0104. The van der Waals surface area contributed by atoms with Crippen molar-refractivity contribution in [2.75, 3.05) is 13.7 Å². The van der Waals surface area contributed by atoms with Crippen LogP contribution in [0.1, 0.15) is 30.0 Å². The lowest BCUT2D eigenvalue weighted by atomic mass is 10.0. The number of hydrogen-bond donors (Lipinski definition) is 2.